The summed E-state index contributed by atoms with van der Waals surface area (Å²) in [6.07, 6.45) is 6.06. The molecule has 1 aliphatic rings. The van der Waals surface area contributed by atoms with E-state index in [1.807, 2.05) is 0 Å². The molecule has 0 bridgehead atoms. The number of nitrogens with zero attached hydrogens (tertiary/aromatic N) is 1. The normalized spacial score (nSPS) is 20.6. The van der Waals surface area contributed by atoms with Crippen LogP contribution in [0.1, 0.15) is 48.7 Å². The molecule has 1 aromatic rings. The van der Waals surface area contributed by atoms with Crippen LogP contribution in [0, 0.1) is 5.92 Å². The zero-order valence-corrected chi connectivity index (χ0v) is 12.3. The molecular weight excluding hydrogens is 244 g/mol. The minimum Gasteiger partial charge on any atom is -0.378 e. The van der Waals surface area contributed by atoms with Gasteiger partial charge in [0.2, 0.25) is 0 Å². The minimum absolute atomic E-state index is 0.377. The van der Waals surface area contributed by atoms with Gasteiger partial charge in [0.15, 0.2) is 0 Å². The Balaban J connectivity index is 2.01. The van der Waals surface area contributed by atoms with Crippen LogP contribution in [0.15, 0.2) is 0 Å². The number of rotatable bonds is 5. The minimum atomic E-state index is 0.377. The molecule has 1 aromatic heterocycles. The Hall–Kier alpha value is -0.450. The third-order valence-corrected chi connectivity index (χ3v) is 4.43. The summed E-state index contributed by atoms with van der Waals surface area (Å²) in [4.78, 5) is 6.03. The first-order valence-electron chi connectivity index (χ1n) is 6.98. The van der Waals surface area contributed by atoms with Gasteiger partial charge in [-0.1, -0.05) is 13.8 Å². The van der Waals surface area contributed by atoms with E-state index in [4.69, 9.17) is 15.5 Å². The van der Waals surface area contributed by atoms with Gasteiger partial charge in [0, 0.05) is 24.4 Å². The highest BCUT2D eigenvalue weighted by Crippen LogP contribution is 2.24. The average molecular weight is 268 g/mol. The smallest absolute Gasteiger partial charge is 0.0957 e. The molecule has 0 aliphatic carbocycles. The predicted octanol–water partition coefficient (Wildman–Crippen LogP) is 2.91. The summed E-state index contributed by atoms with van der Waals surface area (Å²) in [5.41, 5.74) is 7.02. The Labute approximate surface area is 114 Å². The summed E-state index contributed by atoms with van der Waals surface area (Å²) < 4.78 is 5.78. The Bertz CT molecular complexity index is 370. The molecule has 102 valence electrons. The standard InChI is InChI=1S/C14H24N2OS/c1-10(2)7-12-13(9-15)18-14(16-12)8-11-5-3-4-6-17-11/h10-11H,3-9,15H2,1-2H3. The van der Waals surface area contributed by atoms with Crippen molar-refractivity contribution >= 4 is 11.3 Å². The van der Waals surface area contributed by atoms with Crippen molar-refractivity contribution in [2.24, 2.45) is 11.7 Å². The van der Waals surface area contributed by atoms with Crippen molar-refractivity contribution in [3.8, 4) is 0 Å². The number of hydrogen-bond acceptors (Lipinski definition) is 4. The van der Waals surface area contributed by atoms with E-state index in [-0.39, 0.29) is 0 Å². The number of hydrogen-bond donors (Lipinski definition) is 1. The number of thiazole rings is 1. The molecule has 1 atom stereocenters. The van der Waals surface area contributed by atoms with Gasteiger partial charge in [-0.2, -0.15) is 0 Å². The van der Waals surface area contributed by atoms with Crippen LogP contribution in [0.5, 0.6) is 0 Å². The molecule has 0 radical (unpaired) electrons. The fraction of sp³-hybridized carbons (Fsp3) is 0.786. The first-order chi connectivity index (χ1) is 8.69. The van der Waals surface area contributed by atoms with Gasteiger partial charge in [-0.25, -0.2) is 4.98 Å². The second kappa shape index (κ2) is 6.64. The van der Waals surface area contributed by atoms with Gasteiger partial charge in [0.25, 0.3) is 0 Å². The quantitative estimate of drug-likeness (QED) is 0.893. The lowest BCUT2D eigenvalue weighted by Gasteiger charge is -2.21. The first-order valence-corrected chi connectivity index (χ1v) is 7.79. The van der Waals surface area contributed by atoms with Crippen LogP contribution in [-0.4, -0.2) is 17.7 Å². The van der Waals surface area contributed by atoms with E-state index >= 15 is 0 Å². The summed E-state index contributed by atoms with van der Waals surface area (Å²) in [5, 5.41) is 1.21. The molecule has 18 heavy (non-hydrogen) atoms. The summed E-state index contributed by atoms with van der Waals surface area (Å²) in [6.45, 7) is 5.98. The molecule has 2 N–H and O–H groups in total. The van der Waals surface area contributed by atoms with E-state index < -0.39 is 0 Å². The fourth-order valence-corrected chi connectivity index (χ4v) is 3.43. The van der Waals surface area contributed by atoms with Crippen molar-refractivity contribution < 1.29 is 4.74 Å². The molecule has 3 nitrogen and oxygen atoms in total. The van der Waals surface area contributed by atoms with Crippen molar-refractivity contribution in [1.82, 2.24) is 4.98 Å². The zero-order valence-electron chi connectivity index (χ0n) is 11.4. The second-order valence-corrected chi connectivity index (χ2v) is 6.64. The van der Waals surface area contributed by atoms with Gasteiger partial charge in [0.1, 0.15) is 0 Å². The van der Waals surface area contributed by atoms with Gasteiger partial charge in [-0.05, 0) is 31.6 Å². The third kappa shape index (κ3) is 3.77. The lowest BCUT2D eigenvalue weighted by molar-refractivity contribution is 0.0167. The maximum absolute atomic E-state index is 5.81. The Morgan fingerprint density at radius 2 is 2.28 bits per heavy atom. The second-order valence-electron chi connectivity index (χ2n) is 5.47. The molecular formula is C14H24N2OS. The topological polar surface area (TPSA) is 48.1 Å². The van der Waals surface area contributed by atoms with E-state index in [0.717, 1.165) is 19.4 Å². The van der Waals surface area contributed by atoms with Gasteiger partial charge in [-0.3, -0.25) is 0 Å². The third-order valence-electron chi connectivity index (χ3n) is 3.29. The van der Waals surface area contributed by atoms with E-state index in [2.05, 4.69) is 13.8 Å². The highest BCUT2D eigenvalue weighted by atomic mass is 32.1. The van der Waals surface area contributed by atoms with Gasteiger partial charge in [0.05, 0.1) is 16.8 Å². The zero-order chi connectivity index (χ0) is 13.0. The van der Waals surface area contributed by atoms with E-state index in [1.54, 1.807) is 11.3 Å². The monoisotopic (exact) mass is 268 g/mol. The largest absolute Gasteiger partial charge is 0.378 e. The number of ether oxygens (including phenoxy) is 1. The van der Waals surface area contributed by atoms with Crippen LogP contribution in [0.2, 0.25) is 0 Å². The van der Waals surface area contributed by atoms with Crippen LogP contribution in [0.25, 0.3) is 0 Å². The van der Waals surface area contributed by atoms with Crippen LogP contribution in [-0.2, 0) is 24.1 Å². The van der Waals surface area contributed by atoms with Crippen LogP contribution < -0.4 is 5.73 Å². The van der Waals surface area contributed by atoms with Crippen LogP contribution in [0.4, 0.5) is 0 Å². The molecule has 1 aliphatic heterocycles. The average Bonchev–Trinajstić information content (AvgIpc) is 2.71. The Morgan fingerprint density at radius 1 is 1.44 bits per heavy atom. The summed E-state index contributed by atoms with van der Waals surface area (Å²) in [6, 6.07) is 0. The van der Waals surface area contributed by atoms with Gasteiger partial charge in [-0.15, -0.1) is 11.3 Å². The van der Waals surface area contributed by atoms with Crippen LogP contribution >= 0.6 is 11.3 Å². The van der Waals surface area contributed by atoms with E-state index in [9.17, 15) is 0 Å². The maximum atomic E-state index is 5.81. The summed E-state index contributed by atoms with van der Waals surface area (Å²) in [5.74, 6) is 0.635. The highest BCUT2D eigenvalue weighted by Gasteiger charge is 2.18. The lowest BCUT2D eigenvalue weighted by atomic mass is 10.1. The molecule has 2 heterocycles. The van der Waals surface area contributed by atoms with Crippen molar-refractivity contribution in [2.75, 3.05) is 6.61 Å². The molecule has 4 heteroatoms. The van der Waals surface area contributed by atoms with E-state index in [1.165, 1.54) is 34.8 Å². The summed E-state index contributed by atoms with van der Waals surface area (Å²) in [7, 11) is 0. The molecule has 1 unspecified atom stereocenters. The van der Waals surface area contributed by atoms with Crippen molar-refractivity contribution in [3.05, 3.63) is 15.6 Å². The molecule has 1 fully saturated rings. The van der Waals surface area contributed by atoms with E-state index in [0.29, 0.717) is 18.6 Å². The van der Waals surface area contributed by atoms with Crippen molar-refractivity contribution in [2.45, 2.75) is 58.6 Å². The molecule has 0 aromatic carbocycles. The Morgan fingerprint density at radius 3 is 2.89 bits per heavy atom. The van der Waals surface area contributed by atoms with Crippen LogP contribution in [0.3, 0.4) is 0 Å². The van der Waals surface area contributed by atoms with Crippen molar-refractivity contribution in [1.29, 1.82) is 0 Å². The SMILES string of the molecule is CC(C)Cc1nc(CC2CCCCO2)sc1CN. The molecule has 0 saturated carbocycles. The van der Waals surface area contributed by atoms with Gasteiger partial charge < -0.3 is 10.5 Å². The molecule has 2 rings (SSSR count). The predicted molar refractivity (Wildman–Crippen MR) is 75.8 cm³/mol. The fourth-order valence-electron chi connectivity index (χ4n) is 2.39. The lowest BCUT2D eigenvalue weighted by Crippen LogP contribution is -2.21. The summed E-state index contributed by atoms with van der Waals surface area (Å²) >= 11 is 1.78. The first kappa shape index (κ1) is 14.0. The van der Waals surface area contributed by atoms with Gasteiger partial charge >= 0.3 is 0 Å². The molecule has 0 spiro atoms. The van der Waals surface area contributed by atoms with Crippen molar-refractivity contribution in [3.63, 3.8) is 0 Å². The number of nitrogens with two attached hydrogens (primary N) is 1. The number of aromatic nitrogens is 1. The molecule has 0 amide bonds. The molecule has 1 saturated heterocycles. The maximum Gasteiger partial charge on any atom is 0.0957 e. The Kier molecular flexibility index (Phi) is 5.15. The highest BCUT2D eigenvalue weighted by molar-refractivity contribution is 7.11.